The molecule has 3 N–H and O–H groups in total. The first kappa shape index (κ1) is 27.0. The molecule has 3 heterocycles. The van der Waals surface area contributed by atoms with Crippen LogP contribution in [0.4, 0.5) is 5.69 Å². The number of fused-ring (bicyclic) bond motifs is 2. The zero-order chi connectivity index (χ0) is 27.2. The van der Waals surface area contributed by atoms with Crippen LogP contribution < -0.4 is 10.6 Å². The van der Waals surface area contributed by atoms with Crippen molar-refractivity contribution in [3.8, 4) is 0 Å². The Morgan fingerprint density at radius 3 is 2.58 bits per heavy atom. The van der Waals surface area contributed by atoms with Crippen molar-refractivity contribution in [1.82, 2.24) is 10.2 Å². The molecule has 0 aromatic heterocycles. The Morgan fingerprint density at radius 2 is 1.89 bits per heavy atom. The summed E-state index contributed by atoms with van der Waals surface area (Å²) in [5.74, 6) is -1.46. The number of carbonyl (C=O) groups is 3. The van der Waals surface area contributed by atoms with Crippen molar-refractivity contribution in [3.63, 3.8) is 0 Å². The Kier molecular flexibility index (Phi) is 7.48. The number of nitrogens with zero attached hydrogens (tertiary/aromatic N) is 1. The second kappa shape index (κ2) is 10.5. The molecule has 3 aliphatic rings. The zero-order valence-electron chi connectivity index (χ0n) is 22.6. The summed E-state index contributed by atoms with van der Waals surface area (Å²) < 4.78 is -0.711. The number of thioether (sulfide) groups is 1. The van der Waals surface area contributed by atoms with Crippen LogP contribution in [0.5, 0.6) is 0 Å². The minimum Gasteiger partial charge on any atom is -0.394 e. The number of aliphatic hydroxyl groups is 1. The molecule has 204 valence electrons. The van der Waals surface area contributed by atoms with E-state index in [2.05, 4.69) is 17.6 Å². The van der Waals surface area contributed by atoms with Crippen LogP contribution in [0.25, 0.3) is 10.8 Å². The van der Waals surface area contributed by atoms with Crippen LogP contribution in [0.3, 0.4) is 0 Å². The summed E-state index contributed by atoms with van der Waals surface area (Å²) in [6.07, 6.45) is 2.37. The minimum atomic E-state index is -0.772. The molecule has 2 bridgehead atoms. The Hall–Kier alpha value is -2.58. The summed E-state index contributed by atoms with van der Waals surface area (Å²) >= 11 is 1.67. The topological polar surface area (TPSA) is 98.7 Å². The third-order valence-electron chi connectivity index (χ3n) is 9.15. The van der Waals surface area contributed by atoms with E-state index in [0.717, 1.165) is 30.0 Å². The number of benzene rings is 2. The van der Waals surface area contributed by atoms with Crippen molar-refractivity contribution in [2.75, 3.05) is 18.5 Å². The summed E-state index contributed by atoms with van der Waals surface area (Å²) in [5.41, 5.74) is 0.674. The van der Waals surface area contributed by atoms with Crippen molar-refractivity contribution < 1.29 is 19.5 Å². The van der Waals surface area contributed by atoms with Crippen LogP contribution >= 0.6 is 11.8 Å². The average molecular weight is 538 g/mol. The first-order valence-corrected chi connectivity index (χ1v) is 14.8. The number of anilines is 1. The second-order valence-electron chi connectivity index (χ2n) is 11.3. The molecular weight excluding hydrogens is 498 g/mol. The van der Waals surface area contributed by atoms with E-state index >= 15 is 0 Å². The van der Waals surface area contributed by atoms with E-state index in [0.29, 0.717) is 12.2 Å². The smallest absolute Gasteiger partial charge is 0.248 e. The summed E-state index contributed by atoms with van der Waals surface area (Å²) in [6.45, 7) is 8.51. The third-order valence-corrected chi connectivity index (χ3v) is 11.2. The van der Waals surface area contributed by atoms with Crippen LogP contribution in [-0.2, 0) is 14.4 Å². The number of hydrogen-bond donors (Lipinski definition) is 3. The quantitative estimate of drug-likeness (QED) is 0.448. The molecular formula is C30H39N3O4S. The van der Waals surface area contributed by atoms with Gasteiger partial charge in [-0.25, -0.2) is 0 Å². The first-order valence-electron chi connectivity index (χ1n) is 14.0. The average Bonchev–Trinajstić information content (AvgIpc) is 3.51. The first-order chi connectivity index (χ1) is 18.3. The molecule has 2 aromatic rings. The molecule has 3 aliphatic heterocycles. The lowest BCUT2D eigenvalue weighted by molar-refractivity contribution is -0.143. The van der Waals surface area contributed by atoms with Gasteiger partial charge >= 0.3 is 0 Å². The van der Waals surface area contributed by atoms with Crippen LogP contribution in [0.15, 0.2) is 42.5 Å². The zero-order valence-corrected chi connectivity index (χ0v) is 23.5. The molecule has 3 saturated heterocycles. The van der Waals surface area contributed by atoms with Gasteiger partial charge in [-0.1, -0.05) is 64.4 Å². The monoisotopic (exact) mass is 537 g/mol. The molecule has 8 heteroatoms. The molecule has 0 radical (unpaired) electrons. The second-order valence-corrected chi connectivity index (χ2v) is 12.8. The molecule has 3 unspecified atom stereocenters. The van der Waals surface area contributed by atoms with Gasteiger partial charge in [-0.15, -0.1) is 11.8 Å². The van der Waals surface area contributed by atoms with Crippen molar-refractivity contribution in [2.24, 2.45) is 23.7 Å². The number of hydrogen-bond acceptors (Lipinski definition) is 5. The summed E-state index contributed by atoms with van der Waals surface area (Å²) in [6, 6.07) is 12.5. The third kappa shape index (κ3) is 4.11. The normalized spacial score (nSPS) is 31.3. The highest BCUT2D eigenvalue weighted by atomic mass is 32.2. The fourth-order valence-electron chi connectivity index (χ4n) is 7.07. The van der Waals surface area contributed by atoms with Crippen LogP contribution in [-0.4, -0.2) is 63.0 Å². The lowest BCUT2D eigenvalue weighted by Gasteiger charge is -2.41. The maximum atomic E-state index is 14.3. The Balaban J connectivity index is 1.56. The van der Waals surface area contributed by atoms with E-state index in [4.69, 9.17) is 0 Å². The van der Waals surface area contributed by atoms with Crippen molar-refractivity contribution in [2.45, 2.75) is 69.0 Å². The van der Waals surface area contributed by atoms with Crippen molar-refractivity contribution in [1.29, 1.82) is 0 Å². The molecule has 0 aliphatic carbocycles. The van der Waals surface area contributed by atoms with Crippen LogP contribution in [0.1, 0.15) is 47.0 Å². The summed E-state index contributed by atoms with van der Waals surface area (Å²) in [4.78, 5) is 43.6. The maximum absolute atomic E-state index is 14.3. The molecule has 1 spiro atoms. The van der Waals surface area contributed by atoms with E-state index < -0.39 is 28.7 Å². The van der Waals surface area contributed by atoms with Gasteiger partial charge < -0.3 is 20.6 Å². The van der Waals surface area contributed by atoms with Crippen LogP contribution in [0.2, 0.25) is 0 Å². The van der Waals surface area contributed by atoms with Gasteiger partial charge in [-0.05, 0) is 47.6 Å². The molecule has 38 heavy (non-hydrogen) atoms. The van der Waals surface area contributed by atoms with Gasteiger partial charge in [0.05, 0.1) is 29.2 Å². The molecule has 8 atom stereocenters. The van der Waals surface area contributed by atoms with Gasteiger partial charge in [0.1, 0.15) is 6.04 Å². The van der Waals surface area contributed by atoms with Gasteiger partial charge in [0.15, 0.2) is 0 Å². The fourth-order valence-corrected chi connectivity index (χ4v) is 9.48. The number of nitrogens with one attached hydrogen (secondary N) is 2. The van der Waals surface area contributed by atoms with Gasteiger partial charge in [0.2, 0.25) is 17.7 Å². The summed E-state index contributed by atoms with van der Waals surface area (Å²) in [5, 5.41) is 18.7. The highest BCUT2D eigenvalue weighted by Gasteiger charge is 2.76. The number of amides is 3. The van der Waals surface area contributed by atoms with E-state index in [1.54, 1.807) is 16.7 Å². The minimum absolute atomic E-state index is 0.0000180. The predicted octanol–water partition coefficient (Wildman–Crippen LogP) is 4.05. The van der Waals surface area contributed by atoms with E-state index in [-0.39, 0.29) is 41.4 Å². The Labute approximate surface area is 229 Å². The SMILES string of the molecule is CCCNC(=O)[C@@H]1[C@H]2C(=O)N([C@@H](CO)[C@@H](C)CC)C(C(=O)Nc3ccc4ccccc4c3)C23S[C@@H]1CC3C. The number of aliphatic hydroxyl groups excluding tert-OH is 1. The number of likely N-dealkylation sites (tertiary alicyclic amines) is 1. The molecule has 3 amide bonds. The lowest BCUT2D eigenvalue weighted by atomic mass is 9.66. The highest BCUT2D eigenvalue weighted by molar-refractivity contribution is 8.02. The molecule has 0 saturated carbocycles. The molecule has 7 nitrogen and oxygen atoms in total. The number of carbonyl (C=O) groups excluding carboxylic acids is 3. The van der Waals surface area contributed by atoms with Gasteiger partial charge in [0, 0.05) is 17.5 Å². The largest absolute Gasteiger partial charge is 0.394 e. The molecule has 5 rings (SSSR count). The van der Waals surface area contributed by atoms with E-state index in [1.165, 1.54) is 0 Å². The molecule has 2 aromatic carbocycles. The summed E-state index contributed by atoms with van der Waals surface area (Å²) in [7, 11) is 0. The van der Waals surface area contributed by atoms with Gasteiger partial charge in [-0.2, -0.15) is 0 Å². The predicted molar refractivity (Wildman–Crippen MR) is 152 cm³/mol. The maximum Gasteiger partial charge on any atom is 0.248 e. The fraction of sp³-hybridized carbons (Fsp3) is 0.567. The van der Waals surface area contributed by atoms with Crippen molar-refractivity contribution in [3.05, 3.63) is 42.5 Å². The Bertz CT molecular complexity index is 1240. The lowest BCUT2D eigenvalue weighted by Crippen LogP contribution is -2.58. The standard InChI is InChI=1S/C30H39N3O4S/c1-5-13-31-27(35)24-23-14-18(4)30(38-23)25(24)29(37)33(22(16-34)17(3)6-2)26(30)28(36)32-21-12-11-19-9-7-8-10-20(19)15-21/h7-12,15,17-18,22-26,34H,5-6,13-14,16H2,1-4H3,(H,31,35)(H,32,36)/t17-,18?,22-,23+,24-,25-,26?,30?/m0/s1. The van der Waals surface area contributed by atoms with Gasteiger partial charge in [0.25, 0.3) is 0 Å². The highest BCUT2D eigenvalue weighted by Crippen LogP contribution is 2.69. The van der Waals surface area contributed by atoms with E-state index in [1.807, 2.05) is 63.2 Å². The van der Waals surface area contributed by atoms with Crippen molar-refractivity contribution >= 4 is 45.9 Å². The number of rotatable bonds is 9. The van der Waals surface area contributed by atoms with Crippen LogP contribution in [0, 0.1) is 23.7 Å². The molecule has 3 fully saturated rings. The van der Waals surface area contributed by atoms with Gasteiger partial charge in [-0.3, -0.25) is 14.4 Å². The van der Waals surface area contributed by atoms with E-state index in [9.17, 15) is 19.5 Å². The Morgan fingerprint density at radius 1 is 1.16 bits per heavy atom.